The first-order chi connectivity index (χ1) is 9.25. The van der Waals surface area contributed by atoms with Gasteiger partial charge in [0, 0.05) is 13.7 Å². The Labute approximate surface area is 122 Å². The summed E-state index contributed by atoms with van der Waals surface area (Å²) in [5.41, 5.74) is 0.463. The van der Waals surface area contributed by atoms with Gasteiger partial charge >= 0.3 is 5.97 Å². The third-order valence-corrected chi connectivity index (χ3v) is 7.08. The second kappa shape index (κ2) is 5.44. The molecule has 6 nitrogen and oxygen atoms in total. The van der Waals surface area contributed by atoms with Crippen LogP contribution < -0.4 is 0 Å². The van der Waals surface area contributed by atoms with E-state index in [-0.39, 0.29) is 21.2 Å². The van der Waals surface area contributed by atoms with Crippen molar-refractivity contribution in [3.8, 4) is 0 Å². The first-order valence-corrected chi connectivity index (χ1v) is 8.44. The van der Waals surface area contributed by atoms with Crippen LogP contribution in [-0.2, 0) is 14.8 Å². The minimum absolute atomic E-state index is 0.0627. The van der Waals surface area contributed by atoms with Gasteiger partial charge in [-0.05, 0) is 31.9 Å². The fourth-order valence-corrected chi connectivity index (χ4v) is 5.32. The summed E-state index contributed by atoms with van der Waals surface area (Å²) in [7, 11) is -2.17. The number of nitrogens with zero attached hydrogens (tertiary/aromatic N) is 1. The number of sulfonamides is 1. The van der Waals surface area contributed by atoms with Crippen LogP contribution in [0.5, 0.6) is 0 Å². The molecule has 1 fully saturated rings. The zero-order valence-corrected chi connectivity index (χ0v) is 13.1. The van der Waals surface area contributed by atoms with Gasteiger partial charge in [0.05, 0.1) is 12.1 Å². The number of ether oxygens (including phenoxy) is 1. The minimum atomic E-state index is -3.68. The molecule has 1 aromatic heterocycles. The molecule has 0 bridgehead atoms. The number of carbonyl (C=O) groups is 1. The molecule has 0 aromatic carbocycles. The Morgan fingerprint density at radius 1 is 1.55 bits per heavy atom. The third kappa shape index (κ3) is 2.60. The average molecular weight is 319 g/mol. The molecule has 2 unspecified atom stereocenters. The molecular weight excluding hydrogens is 302 g/mol. The van der Waals surface area contributed by atoms with E-state index in [0.717, 1.165) is 11.3 Å². The summed E-state index contributed by atoms with van der Waals surface area (Å²) in [5, 5.41) is 9.02. The van der Waals surface area contributed by atoms with E-state index in [1.165, 1.54) is 17.4 Å². The van der Waals surface area contributed by atoms with Crippen molar-refractivity contribution in [3.05, 3.63) is 16.5 Å². The van der Waals surface area contributed by atoms with Crippen molar-refractivity contribution < 1.29 is 23.1 Å². The Bertz CT molecular complexity index is 622. The number of rotatable bonds is 4. The maximum atomic E-state index is 12.5. The van der Waals surface area contributed by atoms with Crippen LogP contribution in [0.4, 0.5) is 0 Å². The van der Waals surface area contributed by atoms with Crippen LogP contribution in [0, 0.1) is 6.92 Å². The SMILES string of the molecule is Cc1cc(S(=O)(=O)N(C)C2CCOC2C)sc1C(=O)O. The van der Waals surface area contributed by atoms with Gasteiger partial charge in [-0.2, -0.15) is 4.31 Å². The van der Waals surface area contributed by atoms with Gasteiger partial charge in [0.15, 0.2) is 0 Å². The Morgan fingerprint density at radius 3 is 2.65 bits per heavy atom. The molecule has 2 heterocycles. The number of hydrogen-bond donors (Lipinski definition) is 1. The van der Waals surface area contributed by atoms with E-state index in [1.807, 2.05) is 6.92 Å². The molecule has 0 aliphatic carbocycles. The van der Waals surface area contributed by atoms with Crippen molar-refractivity contribution in [2.45, 2.75) is 36.6 Å². The number of aryl methyl sites for hydroxylation is 1. The van der Waals surface area contributed by atoms with Crippen molar-refractivity contribution in [1.82, 2.24) is 4.31 Å². The Balaban J connectivity index is 2.35. The van der Waals surface area contributed by atoms with Crippen LogP contribution in [0.2, 0.25) is 0 Å². The van der Waals surface area contributed by atoms with Crippen LogP contribution in [0.1, 0.15) is 28.6 Å². The first kappa shape index (κ1) is 15.4. The number of likely N-dealkylation sites (N-methyl/N-ethyl adjacent to an activating group) is 1. The van der Waals surface area contributed by atoms with Crippen molar-refractivity contribution in [1.29, 1.82) is 0 Å². The lowest BCUT2D eigenvalue weighted by molar-refractivity contribution is 0.0701. The van der Waals surface area contributed by atoms with E-state index in [9.17, 15) is 13.2 Å². The summed E-state index contributed by atoms with van der Waals surface area (Å²) >= 11 is 0.793. The number of aromatic carboxylic acids is 1. The molecule has 1 aliphatic rings. The van der Waals surface area contributed by atoms with Gasteiger partial charge in [0.2, 0.25) is 0 Å². The molecule has 1 aromatic rings. The van der Waals surface area contributed by atoms with Gasteiger partial charge in [-0.3, -0.25) is 0 Å². The lowest BCUT2D eigenvalue weighted by Crippen LogP contribution is -2.40. The van der Waals surface area contributed by atoms with Gasteiger partial charge in [0.1, 0.15) is 9.09 Å². The smallest absolute Gasteiger partial charge is 0.346 e. The second-order valence-electron chi connectivity index (χ2n) is 4.84. The summed E-state index contributed by atoms with van der Waals surface area (Å²) in [6.45, 7) is 3.97. The normalized spacial score (nSPS) is 23.4. The van der Waals surface area contributed by atoms with E-state index in [4.69, 9.17) is 9.84 Å². The van der Waals surface area contributed by atoms with Crippen molar-refractivity contribution >= 4 is 27.3 Å². The average Bonchev–Trinajstić information content (AvgIpc) is 2.94. The molecule has 8 heteroatoms. The second-order valence-corrected chi connectivity index (χ2v) is 8.11. The fourth-order valence-electron chi connectivity index (χ4n) is 2.31. The topological polar surface area (TPSA) is 83.9 Å². The van der Waals surface area contributed by atoms with Crippen LogP contribution in [-0.4, -0.2) is 49.6 Å². The van der Waals surface area contributed by atoms with Crippen LogP contribution in [0.3, 0.4) is 0 Å². The van der Waals surface area contributed by atoms with E-state index in [0.29, 0.717) is 18.6 Å². The van der Waals surface area contributed by atoms with E-state index >= 15 is 0 Å². The van der Waals surface area contributed by atoms with Gasteiger partial charge in [-0.25, -0.2) is 13.2 Å². The van der Waals surface area contributed by atoms with Gasteiger partial charge < -0.3 is 9.84 Å². The van der Waals surface area contributed by atoms with Crippen LogP contribution in [0.25, 0.3) is 0 Å². The molecule has 2 atom stereocenters. The zero-order chi connectivity index (χ0) is 15.1. The largest absolute Gasteiger partial charge is 0.477 e. The Morgan fingerprint density at radius 2 is 2.20 bits per heavy atom. The fraction of sp³-hybridized carbons (Fsp3) is 0.583. The standard InChI is InChI=1S/C12H17NO5S2/c1-7-6-10(19-11(7)12(14)15)20(16,17)13(3)9-4-5-18-8(9)2/h6,8-9H,4-5H2,1-3H3,(H,14,15). The highest BCUT2D eigenvalue weighted by atomic mass is 32.2. The molecule has 0 saturated carbocycles. The number of carboxylic acids is 1. The molecule has 0 spiro atoms. The van der Waals surface area contributed by atoms with E-state index in [1.54, 1.807) is 6.92 Å². The molecule has 0 radical (unpaired) electrons. The quantitative estimate of drug-likeness (QED) is 0.910. The first-order valence-electron chi connectivity index (χ1n) is 6.18. The molecule has 1 saturated heterocycles. The van der Waals surface area contributed by atoms with Crippen molar-refractivity contribution in [3.63, 3.8) is 0 Å². The Hall–Kier alpha value is -0.960. The molecule has 112 valence electrons. The van der Waals surface area contributed by atoms with E-state index < -0.39 is 16.0 Å². The Kier molecular flexibility index (Phi) is 4.19. The van der Waals surface area contributed by atoms with Crippen LogP contribution in [0.15, 0.2) is 10.3 Å². The van der Waals surface area contributed by atoms with Crippen molar-refractivity contribution in [2.75, 3.05) is 13.7 Å². The number of thiophene rings is 1. The predicted octanol–water partition coefficient (Wildman–Crippen LogP) is 1.55. The minimum Gasteiger partial charge on any atom is -0.477 e. The van der Waals surface area contributed by atoms with Gasteiger partial charge in [-0.15, -0.1) is 11.3 Å². The highest BCUT2D eigenvalue weighted by Crippen LogP contribution is 2.31. The highest BCUT2D eigenvalue weighted by molar-refractivity contribution is 7.91. The summed E-state index contributed by atoms with van der Waals surface area (Å²) in [6.07, 6.45) is 0.488. The molecule has 20 heavy (non-hydrogen) atoms. The molecule has 1 N–H and O–H groups in total. The summed E-state index contributed by atoms with van der Waals surface area (Å²) in [6, 6.07) is 1.20. The molecule has 1 aliphatic heterocycles. The van der Waals surface area contributed by atoms with Crippen LogP contribution >= 0.6 is 11.3 Å². The number of carboxylic acid groups (broad SMARTS) is 1. The third-order valence-electron chi connectivity index (χ3n) is 3.53. The zero-order valence-electron chi connectivity index (χ0n) is 11.5. The maximum absolute atomic E-state index is 12.5. The highest BCUT2D eigenvalue weighted by Gasteiger charge is 2.36. The van der Waals surface area contributed by atoms with Crippen molar-refractivity contribution in [2.24, 2.45) is 0 Å². The molecule has 2 rings (SSSR count). The monoisotopic (exact) mass is 319 g/mol. The maximum Gasteiger partial charge on any atom is 0.346 e. The lowest BCUT2D eigenvalue weighted by atomic mass is 10.2. The lowest BCUT2D eigenvalue weighted by Gasteiger charge is -2.25. The summed E-state index contributed by atoms with van der Waals surface area (Å²) in [5.74, 6) is -1.10. The summed E-state index contributed by atoms with van der Waals surface area (Å²) in [4.78, 5) is 11.1. The molecule has 0 amide bonds. The van der Waals surface area contributed by atoms with E-state index in [2.05, 4.69) is 0 Å². The predicted molar refractivity (Wildman–Crippen MR) is 74.8 cm³/mol. The van der Waals surface area contributed by atoms with Gasteiger partial charge in [0.25, 0.3) is 10.0 Å². The number of hydrogen-bond acceptors (Lipinski definition) is 5. The van der Waals surface area contributed by atoms with Gasteiger partial charge in [-0.1, -0.05) is 0 Å². The molecular formula is C12H17NO5S2. The summed E-state index contributed by atoms with van der Waals surface area (Å²) < 4.78 is 31.8.